The standard InChI is InChI=1S/C13H30N2/c1-5-15(6-2)11-7-8-13(9-10-14)12(3)4/h12-13H,5-11,14H2,1-4H3. The van der Waals surface area contributed by atoms with Crippen LogP contribution in [0.25, 0.3) is 0 Å². The maximum atomic E-state index is 5.64. The first-order valence-electron chi connectivity index (χ1n) is 6.58. The van der Waals surface area contributed by atoms with Crippen LogP contribution in [0.5, 0.6) is 0 Å². The van der Waals surface area contributed by atoms with E-state index in [1.54, 1.807) is 0 Å². The van der Waals surface area contributed by atoms with Crippen LogP contribution in [0.4, 0.5) is 0 Å². The molecule has 0 fully saturated rings. The molecule has 0 aliphatic heterocycles. The average molecular weight is 214 g/mol. The first-order chi connectivity index (χ1) is 7.15. The van der Waals surface area contributed by atoms with Gasteiger partial charge in [-0.15, -0.1) is 0 Å². The second-order valence-corrected chi connectivity index (χ2v) is 4.75. The summed E-state index contributed by atoms with van der Waals surface area (Å²) in [5.74, 6) is 1.61. The van der Waals surface area contributed by atoms with Gasteiger partial charge in [-0.1, -0.05) is 27.7 Å². The van der Waals surface area contributed by atoms with E-state index in [-0.39, 0.29) is 0 Å². The molecule has 15 heavy (non-hydrogen) atoms. The van der Waals surface area contributed by atoms with Crippen molar-refractivity contribution in [1.82, 2.24) is 4.90 Å². The third-order valence-corrected chi connectivity index (χ3v) is 3.42. The van der Waals surface area contributed by atoms with Crippen LogP contribution >= 0.6 is 0 Å². The van der Waals surface area contributed by atoms with Gasteiger partial charge in [-0.2, -0.15) is 0 Å². The Kier molecular flexibility index (Phi) is 9.12. The highest BCUT2D eigenvalue weighted by Crippen LogP contribution is 2.20. The number of hydrogen-bond donors (Lipinski definition) is 1. The summed E-state index contributed by atoms with van der Waals surface area (Å²) >= 11 is 0. The van der Waals surface area contributed by atoms with Crippen LogP contribution in [0, 0.1) is 11.8 Å². The van der Waals surface area contributed by atoms with E-state index in [1.807, 2.05) is 0 Å². The van der Waals surface area contributed by atoms with Gasteiger partial charge >= 0.3 is 0 Å². The van der Waals surface area contributed by atoms with Crippen LogP contribution < -0.4 is 5.73 Å². The van der Waals surface area contributed by atoms with E-state index in [1.165, 1.54) is 38.9 Å². The van der Waals surface area contributed by atoms with Crippen LogP contribution in [0.15, 0.2) is 0 Å². The molecule has 2 N–H and O–H groups in total. The Bertz CT molecular complexity index is 130. The number of hydrogen-bond acceptors (Lipinski definition) is 2. The normalized spacial score (nSPS) is 13.8. The predicted molar refractivity (Wildman–Crippen MR) is 69.0 cm³/mol. The van der Waals surface area contributed by atoms with Crippen molar-refractivity contribution in [2.75, 3.05) is 26.2 Å². The number of nitrogens with two attached hydrogens (primary N) is 1. The highest BCUT2D eigenvalue weighted by Gasteiger charge is 2.12. The Labute approximate surface area is 96.2 Å². The van der Waals surface area contributed by atoms with Gasteiger partial charge in [0.2, 0.25) is 0 Å². The van der Waals surface area contributed by atoms with E-state index in [2.05, 4.69) is 32.6 Å². The lowest BCUT2D eigenvalue weighted by Crippen LogP contribution is -2.25. The highest BCUT2D eigenvalue weighted by atomic mass is 15.1. The maximum Gasteiger partial charge on any atom is -0.00189 e. The van der Waals surface area contributed by atoms with Gasteiger partial charge in [0.25, 0.3) is 0 Å². The van der Waals surface area contributed by atoms with Crippen molar-refractivity contribution in [2.24, 2.45) is 17.6 Å². The molecule has 2 heteroatoms. The summed E-state index contributed by atoms with van der Waals surface area (Å²) in [6.45, 7) is 13.6. The zero-order chi connectivity index (χ0) is 11.7. The van der Waals surface area contributed by atoms with Crippen LogP contribution in [0.2, 0.25) is 0 Å². The van der Waals surface area contributed by atoms with Crippen molar-refractivity contribution in [3.63, 3.8) is 0 Å². The number of rotatable bonds is 9. The Morgan fingerprint density at radius 2 is 1.67 bits per heavy atom. The second-order valence-electron chi connectivity index (χ2n) is 4.75. The van der Waals surface area contributed by atoms with Crippen molar-refractivity contribution in [2.45, 2.75) is 47.0 Å². The fourth-order valence-corrected chi connectivity index (χ4v) is 2.14. The molecule has 1 unspecified atom stereocenters. The molecule has 0 radical (unpaired) electrons. The van der Waals surface area contributed by atoms with E-state index in [0.717, 1.165) is 18.4 Å². The van der Waals surface area contributed by atoms with Gasteiger partial charge in [-0.25, -0.2) is 0 Å². The van der Waals surface area contributed by atoms with Crippen LogP contribution in [-0.4, -0.2) is 31.1 Å². The largest absolute Gasteiger partial charge is 0.330 e. The molecule has 0 bridgehead atoms. The molecule has 1 atom stereocenters. The first-order valence-corrected chi connectivity index (χ1v) is 6.58. The Morgan fingerprint density at radius 3 is 2.07 bits per heavy atom. The summed E-state index contributed by atoms with van der Waals surface area (Å²) in [5, 5.41) is 0. The Morgan fingerprint density at radius 1 is 1.07 bits per heavy atom. The first kappa shape index (κ1) is 14.9. The quantitative estimate of drug-likeness (QED) is 0.639. The van der Waals surface area contributed by atoms with Gasteiger partial charge in [0.05, 0.1) is 0 Å². The van der Waals surface area contributed by atoms with Crippen molar-refractivity contribution in [1.29, 1.82) is 0 Å². The molecular formula is C13H30N2. The van der Waals surface area contributed by atoms with Gasteiger partial charge in [0.15, 0.2) is 0 Å². The van der Waals surface area contributed by atoms with E-state index in [9.17, 15) is 0 Å². The summed E-state index contributed by atoms with van der Waals surface area (Å²) < 4.78 is 0. The van der Waals surface area contributed by atoms with Gasteiger partial charge in [-0.3, -0.25) is 0 Å². The monoisotopic (exact) mass is 214 g/mol. The minimum absolute atomic E-state index is 0.783. The molecule has 0 aliphatic rings. The molecule has 0 aromatic heterocycles. The third-order valence-electron chi connectivity index (χ3n) is 3.42. The molecule has 2 nitrogen and oxygen atoms in total. The van der Waals surface area contributed by atoms with Crippen molar-refractivity contribution < 1.29 is 0 Å². The summed E-state index contributed by atoms with van der Waals surface area (Å²) in [6.07, 6.45) is 3.85. The fourth-order valence-electron chi connectivity index (χ4n) is 2.14. The van der Waals surface area contributed by atoms with E-state index in [4.69, 9.17) is 5.73 Å². The van der Waals surface area contributed by atoms with Gasteiger partial charge in [-0.05, 0) is 57.3 Å². The SMILES string of the molecule is CCN(CC)CCCC(CCN)C(C)C. The molecule has 0 aliphatic carbocycles. The van der Waals surface area contributed by atoms with E-state index >= 15 is 0 Å². The lowest BCUT2D eigenvalue weighted by Gasteiger charge is -2.23. The predicted octanol–water partition coefficient (Wildman–Crippen LogP) is 2.73. The van der Waals surface area contributed by atoms with Crippen molar-refractivity contribution in [3.8, 4) is 0 Å². The minimum Gasteiger partial charge on any atom is -0.330 e. The summed E-state index contributed by atoms with van der Waals surface area (Å²) in [6, 6.07) is 0. The van der Waals surface area contributed by atoms with Crippen molar-refractivity contribution >= 4 is 0 Å². The minimum atomic E-state index is 0.783. The lowest BCUT2D eigenvalue weighted by molar-refractivity contribution is 0.266. The average Bonchev–Trinajstić information content (AvgIpc) is 2.22. The smallest absolute Gasteiger partial charge is 0.00189 e. The lowest BCUT2D eigenvalue weighted by atomic mass is 9.88. The number of nitrogens with zero attached hydrogens (tertiary/aromatic N) is 1. The van der Waals surface area contributed by atoms with Gasteiger partial charge in [0, 0.05) is 0 Å². The van der Waals surface area contributed by atoms with Gasteiger partial charge in [0.1, 0.15) is 0 Å². The molecule has 0 aromatic carbocycles. The van der Waals surface area contributed by atoms with Crippen molar-refractivity contribution in [3.05, 3.63) is 0 Å². The Balaban J connectivity index is 3.69. The highest BCUT2D eigenvalue weighted by molar-refractivity contribution is 4.65. The molecule has 0 rings (SSSR count). The van der Waals surface area contributed by atoms with Crippen LogP contribution in [0.3, 0.4) is 0 Å². The Hall–Kier alpha value is -0.0800. The molecule has 0 saturated carbocycles. The zero-order valence-electron chi connectivity index (χ0n) is 11.1. The van der Waals surface area contributed by atoms with E-state index < -0.39 is 0 Å². The third kappa shape index (κ3) is 6.91. The topological polar surface area (TPSA) is 29.3 Å². The molecule has 0 amide bonds. The maximum absolute atomic E-state index is 5.64. The van der Waals surface area contributed by atoms with E-state index in [0.29, 0.717) is 0 Å². The van der Waals surface area contributed by atoms with Crippen LogP contribution in [-0.2, 0) is 0 Å². The molecule has 0 saturated heterocycles. The van der Waals surface area contributed by atoms with Gasteiger partial charge < -0.3 is 10.6 Å². The molecule has 0 aromatic rings. The molecule has 92 valence electrons. The zero-order valence-corrected chi connectivity index (χ0v) is 11.1. The molecule has 0 heterocycles. The molecular weight excluding hydrogens is 184 g/mol. The fraction of sp³-hybridized carbons (Fsp3) is 1.00. The second kappa shape index (κ2) is 9.17. The van der Waals surface area contributed by atoms with Crippen LogP contribution in [0.1, 0.15) is 47.0 Å². The summed E-state index contributed by atoms with van der Waals surface area (Å²) in [5.41, 5.74) is 5.64. The summed E-state index contributed by atoms with van der Waals surface area (Å²) in [4.78, 5) is 2.50. The summed E-state index contributed by atoms with van der Waals surface area (Å²) in [7, 11) is 0. The molecule has 0 spiro atoms.